The first-order valence-corrected chi connectivity index (χ1v) is 11.8. The molecule has 0 aliphatic rings. The van der Waals surface area contributed by atoms with Gasteiger partial charge in [0.05, 0.1) is 4.90 Å². The van der Waals surface area contributed by atoms with Crippen molar-refractivity contribution in [2.24, 2.45) is 10.8 Å². The Morgan fingerprint density at radius 2 is 1.36 bits per heavy atom. The predicted molar refractivity (Wildman–Crippen MR) is 103 cm³/mol. The molecule has 5 nitrogen and oxygen atoms in total. The summed E-state index contributed by atoms with van der Waals surface area (Å²) in [5, 5.41) is 0. The highest BCUT2D eigenvalue weighted by molar-refractivity contribution is 7.94. The first kappa shape index (κ1) is 24.9. The fraction of sp³-hybridized carbons (Fsp3) is 0.667. The summed E-state index contributed by atoms with van der Waals surface area (Å²) in [5.74, 6) is -1.23. The van der Waals surface area contributed by atoms with Crippen LogP contribution in [-0.4, -0.2) is 28.2 Å². The smallest absolute Gasteiger partial charge is 0.222 e. The molecule has 0 saturated carbocycles. The van der Waals surface area contributed by atoms with Crippen LogP contribution in [0, 0.1) is 10.8 Å². The van der Waals surface area contributed by atoms with Gasteiger partial charge in [0.1, 0.15) is 5.88 Å². The molecule has 1 unspecified atom stereocenters. The van der Waals surface area contributed by atoms with Crippen molar-refractivity contribution in [1.82, 2.24) is 4.72 Å². The predicted octanol–water partition coefficient (Wildman–Crippen LogP) is 4.42. The Balaban J connectivity index is 3.10. The third-order valence-electron chi connectivity index (χ3n) is 4.25. The molecule has 28 heavy (non-hydrogen) atoms. The number of alkyl halides is 3. The maximum Gasteiger partial charge on any atom is 0.511 e. The number of halogens is 3. The molecule has 0 bridgehead atoms. The second-order valence-electron chi connectivity index (χ2n) is 9.11. The Kier molecular flexibility index (Phi) is 7.07. The summed E-state index contributed by atoms with van der Waals surface area (Å²) >= 11 is 0. The van der Waals surface area contributed by atoms with E-state index in [0.29, 0.717) is 0 Å². The van der Waals surface area contributed by atoms with E-state index >= 15 is 0 Å². The maximum absolute atomic E-state index is 12.4. The highest BCUT2D eigenvalue weighted by atomic mass is 32.2. The first-order valence-electron chi connectivity index (χ1n) is 8.65. The lowest BCUT2D eigenvalue weighted by atomic mass is 9.69. The van der Waals surface area contributed by atoms with Crippen molar-refractivity contribution < 1.29 is 30.0 Å². The molecule has 0 aromatic heterocycles. The van der Waals surface area contributed by atoms with Crippen LogP contribution < -0.4 is 4.72 Å². The number of nitrogens with one attached hydrogen (secondary N) is 1. The van der Waals surface area contributed by atoms with Gasteiger partial charge in [-0.25, -0.2) is 16.8 Å². The van der Waals surface area contributed by atoms with Gasteiger partial charge in [0.2, 0.25) is 0 Å². The normalized spacial score (nSPS) is 15.5. The minimum atomic E-state index is -5.73. The van der Waals surface area contributed by atoms with Crippen LogP contribution in [0.5, 0.6) is 0 Å². The Bertz CT molecular complexity index is 877. The molecule has 0 amide bonds. The van der Waals surface area contributed by atoms with Crippen LogP contribution in [0.3, 0.4) is 0 Å². The van der Waals surface area contributed by atoms with Crippen LogP contribution in [0.2, 0.25) is 0 Å². The van der Waals surface area contributed by atoms with Crippen molar-refractivity contribution in [2.75, 3.05) is 5.88 Å². The molecule has 10 heteroatoms. The third-order valence-corrected chi connectivity index (χ3v) is 7.08. The van der Waals surface area contributed by atoms with Crippen LogP contribution in [0.25, 0.3) is 0 Å². The molecule has 0 heterocycles. The Morgan fingerprint density at radius 3 is 1.71 bits per heavy atom. The van der Waals surface area contributed by atoms with Gasteiger partial charge < -0.3 is 0 Å². The average molecular weight is 444 g/mol. The Labute approximate surface area is 165 Å². The minimum Gasteiger partial charge on any atom is -0.222 e. The van der Waals surface area contributed by atoms with Crippen molar-refractivity contribution in [3.63, 3.8) is 0 Å². The summed E-state index contributed by atoms with van der Waals surface area (Å²) in [7, 11) is -9.99. The minimum absolute atomic E-state index is 0.0402. The van der Waals surface area contributed by atoms with Gasteiger partial charge in [0, 0.05) is 0 Å². The fourth-order valence-corrected chi connectivity index (χ4v) is 4.89. The fourth-order valence-electron chi connectivity index (χ4n) is 2.76. The van der Waals surface area contributed by atoms with Gasteiger partial charge in [-0.3, -0.25) is 0 Å². The van der Waals surface area contributed by atoms with Crippen LogP contribution in [0.1, 0.15) is 59.4 Å². The van der Waals surface area contributed by atoms with E-state index in [0.717, 1.165) is 16.7 Å². The summed E-state index contributed by atoms with van der Waals surface area (Å²) in [6, 6.07) is 5.86. The molecular weight excluding hydrogens is 415 g/mol. The molecule has 0 radical (unpaired) electrons. The lowest BCUT2D eigenvalue weighted by Gasteiger charge is -2.36. The standard InChI is InChI=1S/C18H28F3NO4S2/c1-16(2,3)11-15(17(4,5)6)13-7-9-14(10-8-13)27(23,24)12-22-28(25,26)18(19,20)21/h7-10,15,22H,11-12H2,1-6H3. The quantitative estimate of drug-likeness (QED) is 0.706. The highest BCUT2D eigenvalue weighted by Gasteiger charge is 2.46. The van der Waals surface area contributed by atoms with E-state index in [1.807, 2.05) is 0 Å². The first-order chi connectivity index (χ1) is 12.3. The molecule has 162 valence electrons. The molecule has 1 aromatic rings. The summed E-state index contributed by atoms with van der Waals surface area (Å²) in [5.41, 5.74) is -4.70. The number of benzene rings is 1. The van der Waals surface area contributed by atoms with Crippen molar-refractivity contribution in [3.8, 4) is 0 Å². The Morgan fingerprint density at radius 1 is 0.893 bits per heavy atom. The number of rotatable bonds is 6. The Hall–Kier alpha value is -1.13. The van der Waals surface area contributed by atoms with E-state index in [1.165, 1.54) is 12.1 Å². The molecule has 1 aromatic carbocycles. The molecule has 0 aliphatic heterocycles. The summed E-state index contributed by atoms with van der Waals surface area (Å²) in [4.78, 5) is -0.246. The van der Waals surface area contributed by atoms with E-state index in [1.54, 1.807) is 12.1 Å². The molecule has 0 spiro atoms. The molecule has 1 rings (SSSR count). The van der Waals surface area contributed by atoms with Crippen molar-refractivity contribution in [1.29, 1.82) is 0 Å². The maximum atomic E-state index is 12.4. The summed E-state index contributed by atoms with van der Waals surface area (Å²) < 4.78 is 84.6. The monoisotopic (exact) mass is 443 g/mol. The van der Waals surface area contributed by atoms with Gasteiger partial charge in [0.25, 0.3) is 0 Å². The van der Waals surface area contributed by atoms with Gasteiger partial charge >= 0.3 is 15.5 Å². The zero-order valence-electron chi connectivity index (χ0n) is 16.9. The average Bonchev–Trinajstić information content (AvgIpc) is 2.48. The largest absolute Gasteiger partial charge is 0.511 e. The van der Waals surface area contributed by atoms with E-state index in [9.17, 15) is 30.0 Å². The topological polar surface area (TPSA) is 80.3 Å². The van der Waals surface area contributed by atoms with Gasteiger partial charge in [-0.2, -0.15) is 17.9 Å². The van der Waals surface area contributed by atoms with Crippen LogP contribution >= 0.6 is 0 Å². The third kappa shape index (κ3) is 6.73. The van der Waals surface area contributed by atoms with E-state index in [4.69, 9.17) is 0 Å². The van der Waals surface area contributed by atoms with Gasteiger partial charge in [0.15, 0.2) is 9.84 Å². The molecular formula is C18H28F3NO4S2. The van der Waals surface area contributed by atoms with E-state index < -0.39 is 31.2 Å². The number of hydrogen-bond donors (Lipinski definition) is 1. The van der Waals surface area contributed by atoms with Gasteiger partial charge in [-0.1, -0.05) is 53.7 Å². The number of sulfone groups is 1. The van der Waals surface area contributed by atoms with E-state index in [-0.39, 0.29) is 21.6 Å². The van der Waals surface area contributed by atoms with Crippen molar-refractivity contribution >= 4 is 19.9 Å². The summed E-state index contributed by atoms with van der Waals surface area (Å²) in [6.45, 7) is 12.6. The SMILES string of the molecule is CC(C)(C)CC(c1ccc(S(=O)(=O)CNS(=O)(=O)C(F)(F)F)cc1)C(C)(C)C. The van der Waals surface area contributed by atoms with Gasteiger partial charge in [-0.05, 0) is 40.9 Å². The number of sulfonamides is 1. The lowest BCUT2D eigenvalue weighted by molar-refractivity contribution is -0.0446. The lowest BCUT2D eigenvalue weighted by Crippen LogP contribution is -2.39. The summed E-state index contributed by atoms with van der Waals surface area (Å²) in [6.07, 6.45) is 0.855. The molecule has 1 N–H and O–H groups in total. The van der Waals surface area contributed by atoms with Crippen LogP contribution in [-0.2, 0) is 19.9 Å². The second kappa shape index (κ2) is 7.95. The van der Waals surface area contributed by atoms with Gasteiger partial charge in [-0.15, -0.1) is 0 Å². The molecule has 0 aliphatic carbocycles. The molecule has 0 saturated heterocycles. The van der Waals surface area contributed by atoms with Crippen LogP contribution in [0.15, 0.2) is 29.2 Å². The van der Waals surface area contributed by atoms with Crippen molar-refractivity contribution in [2.45, 2.75) is 64.3 Å². The molecule has 0 fully saturated rings. The zero-order valence-corrected chi connectivity index (χ0v) is 18.5. The number of hydrogen-bond acceptors (Lipinski definition) is 4. The van der Waals surface area contributed by atoms with Crippen molar-refractivity contribution in [3.05, 3.63) is 29.8 Å². The highest BCUT2D eigenvalue weighted by Crippen LogP contribution is 2.43. The van der Waals surface area contributed by atoms with E-state index in [2.05, 4.69) is 41.5 Å². The van der Waals surface area contributed by atoms with Crippen LogP contribution in [0.4, 0.5) is 13.2 Å². The second-order valence-corrected chi connectivity index (χ2v) is 12.9. The molecule has 1 atom stereocenters. The zero-order chi connectivity index (χ0) is 22.2.